The molecule has 1 aromatic rings. The predicted octanol–water partition coefficient (Wildman–Crippen LogP) is 4.39. The zero-order valence-corrected chi connectivity index (χ0v) is 15.6. The van der Waals surface area contributed by atoms with Gasteiger partial charge in [-0.3, -0.25) is 9.59 Å². The Labute approximate surface area is 145 Å². The maximum atomic E-state index is 12.2. The zero-order chi connectivity index (χ0) is 17.9. The van der Waals surface area contributed by atoms with Gasteiger partial charge in [0, 0.05) is 30.8 Å². The van der Waals surface area contributed by atoms with Crippen LogP contribution in [0.5, 0.6) is 0 Å². The van der Waals surface area contributed by atoms with Gasteiger partial charge in [-0.15, -0.1) is 0 Å². The fourth-order valence-electron chi connectivity index (χ4n) is 2.96. The maximum Gasteiger partial charge on any atom is 0.227 e. The van der Waals surface area contributed by atoms with E-state index in [0.29, 0.717) is 18.8 Å². The number of nitrogens with zero attached hydrogens (tertiary/aromatic N) is 1. The molecule has 0 aliphatic carbocycles. The van der Waals surface area contributed by atoms with Gasteiger partial charge >= 0.3 is 0 Å². The van der Waals surface area contributed by atoms with Gasteiger partial charge in [0.15, 0.2) is 0 Å². The summed E-state index contributed by atoms with van der Waals surface area (Å²) in [6.45, 7) is 11.3. The molecule has 0 atom stereocenters. The number of rotatable bonds is 5. The van der Waals surface area contributed by atoms with Crippen molar-refractivity contribution >= 4 is 23.2 Å². The summed E-state index contributed by atoms with van der Waals surface area (Å²) in [6, 6.07) is 5.89. The lowest BCUT2D eigenvalue weighted by atomic mass is 9.92. The van der Waals surface area contributed by atoms with Crippen LogP contribution < -0.4 is 10.2 Å². The van der Waals surface area contributed by atoms with Gasteiger partial charge < -0.3 is 10.2 Å². The zero-order valence-electron chi connectivity index (χ0n) is 15.6. The quantitative estimate of drug-likeness (QED) is 0.870. The first kappa shape index (κ1) is 18.5. The third-order valence-corrected chi connectivity index (χ3v) is 4.18. The van der Waals surface area contributed by atoms with Gasteiger partial charge in [0.2, 0.25) is 11.8 Å². The molecule has 132 valence electrons. The second kappa shape index (κ2) is 7.37. The number of hydrogen-bond donors (Lipinski definition) is 1. The molecule has 1 heterocycles. The minimum absolute atomic E-state index is 0.0294. The Balaban J connectivity index is 2.12. The fourth-order valence-corrected chi connectivity index (χ4v) is 2.96. The molecule has 1 aliphatic rings. The molecular formula is C20H30N2O2. The third-order valence-electron chi connectivity index (χ3n) is 4.18. The Morgan fingerprint density at radius 3 is 2.58 bits per heavy atom. The minimum atomic E-state index is -0.0294. The van der Waals surface area contributed by atoms with Crippen LogP contribution in [0.15, 0.2) is 18.2 Å². The summed E-state index contributed by atoms with van der Waals surface area (Å²) in [5, 5.41) is 2.98. The Bertz CT molecular complexity index is 615. The molecule has 1 N–H and O–H groups in total. The molecule has 2 rings (SSSR count). The van der Waals surface area contributed by atoms with Crippen molar-refractivity contribution in [1.82, 2.24) is 0 Å². The van der Waals surface area contributed by atoms with Crippen LogP contribution in [0.4, 0.5) is 11.4 Å². The number of carbonyl (C=O) groups is 2. The van der Waals surface area contributed by atoms with Crippen LogP contribution in [0.3, 0.4) is 0 Å². The Morgan fingerprint density at radius 2 is 1.96 bits per heavy atom. The van der Waals surface area contributed by atoms with Crippen LogP contribution in [0, 0.1) is 11.3 Å². The molecule has 2 amide bonds. The van der Waals surface area contributed by atoms with Gasteiger partial charge in [-0.2, -0.15) is 0 Å². The van der Waals surface area contributed by atoms with Gasteiger partial charge in [0.1, 0.15) is 0 Å². The smallest absolute Gasteiger partial charge is 0.227 e. The SMILES string of the molecule is CC(C)CCN1C(=O)CCc2cc(NC(=O)CC(C)(C)C)ccc21. The summed E-state index contributed by atoms with van der Waals surface area (Å²) in [7, 11) is 0. The summed E-state index contributed by atoms with van der Waals surface area (Å²) < 4.78 is 0. The molecule has 0 aromatic heterocycles. The van der Waals surface area contributed by atoms with E-state index in [1.165, 1.54) is 0 Å². The van der Waals surface area contributed by atoms with Gasteiger partial charge in [-0.1, -0.05) is 34.6 Å². The molecule has 0 unspecified atom stereocenters. The lowest BCUT2D eigenvalue weighted by Crippen LogP contribution is -2.36. The second-order valence-electron chi connectivity index (χ2n) is 8.36. The molecule has 4 nitrogen and oxygen atoms in total. The second-order valence-corrected chi connectivity index (χ2v) is 8.36. The maximum absolute atomic E-state index is 12.2. The number of anilines is 2. The van der Waals surface area contributed by atoms with Crippen molar-refractivity contribution in [1.29, 1.82) is 0 Å². The van der Waals surface area contributed by atoms with Crippen molar-refractivity contribution in [3.63, 3.8) is 0 Å². The fraction of sp³-hybridized carbons (Fsp3) is 0.600. The Morgan fingerprint density at radius 1 is 1.25 bits per heavy atom. The van der Waals surface area contributed by atoms with Crippen molar-refractivity contribution in [3.8, 4) is 0 Å². The van der Waals surface area contributed by atoms with Crippen molar-refractivity contribution < 1.29 is 9.59 Å². The summed E-state index contributed by atoms with van der Waals surface area (Å²) in [5.74, 6) is 0.804. The lowest BCUT2D eigenvalue weighted by Gasteiger charge is -2.30. The summed E-state index contributed by atoms with van der Waals surface area (Å²) in [4.78, 5) is 26.3. The number of carbonyl (C=O) groups excluding carboxylic acids is 2. The van der Waals surface area contributed by atoms with Crippen LogP contribution in [0.1, 0.15) is 59.4 Å². The summed E-state index contributed by atoms with van der Waals surface area (Å²) in [6.07, 6.45) is 2.78. The highest BCUT2D eigenvalue weighted by molar-refractivity contribution is 5.97. The number of hydrogen-bond acceptors (Lipinski definition) is 2. The number of amides is 2. The molecule has 0 spiro atoms. The molecule has 0 saturated carbocycles. The van der Waals surface area contributed by atoms with Crippen molar-refractivity contribution in [2.24, 2.45) is 11.3 Å². The van der Waals surface area contributed by atoms with Gasteiger partial charge in [0.25, 0.3) is 0 Å². The highest BCUT2D eigenvalue weighted by Crippen LogP contribution is 2.31. The summed E-state index contributed by atoms with van der Waals surface area (Å²) >= 11 is 0. The third kappa shape index (κ3) is 5.08. The molecule has 0 saturated heterocycles. The molecule has 1 aliphatic heterocycles. The highest BCUT2D eigenvalue weighted by Gasteiger charge is 2.24. The average molecular weight is 330 g/mol. The van der Waals surface area contributed by atoms with E-state index in [4.69, 9.17) is 0 Å². The van der Waals surface area contributed by atoms with E-state index in [1.54, 1.807) is 0 Å². The highest BCUT2D eigenvalue weighted by atomic mass is 16.2. The van der Waals surface area contributed by atoms with Gasteiger partial charge in [0.05, 0.1) is 0 Å². The van der Waals surface area contributed by atoms with Gasteiger partial charge in [-0.05, 0) is 47.9 Å². The topological polar surface area (TPSA) is 49.4 Å². The van der Waals surface area contributed by atoms with Crippen LogP contribution in [0.2, 0.25) is 0 Å². The van der Waals surface area contributed by atoms with Crippen molar-refractivity contribution in [3.05, 3.63) is 23.8 Å². The molecule has 4 heteroatoms. The molecule has 24 heavy (non-hydrogen) atoms. The van der Waals surface area contributed by atoms with Crippen LogP contribution in [-0.2, 0) is 16.0 Å². The number of fused-ring (bicyclic) bond motifs is 1. The van der Waals surface area contributed by atoms with E-state index in [0.717, 1.165) is 36.3 Å². The van der Waals surface area contributed by atoms with E-state index in [1.807, 2.05) is 23.1 Å². The van der Waals surface area contributed by atoms with Crippen molar-refractivity contribution in [2.75, 3.05) is 16.8 Å². The molecule has 1 aromatic carbocycles. The normalized spacial score (nSPS) is 14.8. The minimum Gasteiger partial charge on any atom is -0.326 e. The largest absolute Gasteiger partial charge is 0.326 e. The molecule has 0 fully saturated rings. The van der Waals surface area contributed by atoms with E-state index in [9.17, 15) is 9.59 Å². The first-order valence-electron chi connectivity index (χ1n) is 8.89. The van der Waals surface area contributed by atoms with Crippen molar-refractivity contribution in [2.45, 2.75) is 60.3 Å². The van der Waals surface area contributed by atoms with E-state index in [-0.39, 0.29) is 17.2 Å². The molecular weight excluding hydrogens is 300 g/mol. The summed E-state index contributed by atoms with van der Waals surface area (Å²) in [5.41, 5.74) is 2.94. The lowest BCUT2D eigenvalue weighted by molar-refractivity contribution is -0.119. The number of aryl methyl sites for hydroxylation is 1. The standard InChI is InChI=1S/C20H30N2O2/c1-14(2)10-11-22-17-8-7-16(12-15(17)6-9-19(22)24)21-18(23)13-20(3,4)5/h7-8,12,14H,6,9-11,13H2,1-5H3,(H,21,23). The number of nitrogens with one attached hydrogen (secondary N) is 1. The molecule has 0 bridgehead atoms. The average Bonchev–Trinajstić information content (AvgIpc) is 2.44. The van der Waals surface area contributed by atoms with E-state index >= 15 is 0 Å². The van der Waals surface area contributed by atoms with Crippen LogP contribution >= 0.6 is 0 Å². The predicted molar refractivity (Wildman–Crippen MR) is 99.3 cm³/mol. The first-order chi connectivity index (χ1) is 11.2. The Hall–Kier alpha value is -1.84. The van der Waals surface area contributed by atoms with E-state index < -0.39 is 0 Å². The Kier molecular flexibility index (Phi) is 5.68. The monoisotopic (exact) mass is 330 g/mol. The first-order valence-corrected chi connectivity index (χ1v) is 8.89. The van der Waals surface area contributed by atoms with E-state index in [2.05, 4.69) is 39.9 Å². The van der Waals surface area contributed by atoms with Crippen LogP contribution in [-0.4, -0.2) is 18.4 Å². The molecule has 0 radical (unpaired) electrons. The van der Waals surface area contributed by atoms with Gasteiger partial charge in [-0.25, -0.2) is 0 Å². The number of benzene rings is 1. The van der Waals surface area contributed by atoms with Crippen LogP contribution in [0.25, 0.3) is 0 Å².